The van der Waals surface area contributed by atoms with Gasteiger partial charge < -0.3 is 20.1 Å². The Morgan fingerprint density at radius 2 is 1.79 bits per heavy atom. The number of hydrogen-bond donors (Lipinski definition) is 2. The smallest absolute Gasteiger partial charge is 0.224 e. The molecule has 6 nitrogen and oxygen atoms in total. The van der Waals surface area contributed by atoms with Crippen LogP contribution in [0.1, 0.15) is 11.1 Å². The maximum atomic E-state index is 13.7. The number of anilines is 2. The van der Waals surface area contributed by atoms with E-state index in [2.05, 4.69) is 20.6 Å². The van der Waals surface area contributed by atoms with Crippen molar-refractivity contribution in [3.8, 4) is 11.5 Å². The van der Waals surface area contributed by atoms with E-state index in [-0.39, 0.29) is 5.82 Å². The van der Waals surface area contributed by atoms with Gasteiger partial charge in [0.1, 0.15) is 11.6 Å². The monoisotopic (exact) mass is 382 g/mol. The molecule has 0 bridgehead atoms. The highest BCUT2D eigenvalue weighted by Gasteiger charge is 2.05. The van der Waals surface area contributed by atoms with Gasteiger partial charge in [0, 0.05) is 24.8 Å². The Balaban J connectivity index is 1.54. The zero-order valence-electron chi connectivity index (χ0n) is 15.9. The summed E-state index contributed by atoms with van der Waals surface area (Å²) < 4.78 is 24.3. The first-order valence-corrected chi connectivity index (χ1v) is 8.94. The highest BCUT2D eigenvalue weighted by Crippen LogP contribution is 2.27. The van der Waals surface area contributed by atoms with E-state index in [9.17, 15) is 4.39 Å². The molecule has 0 aliphatic heterocycles. The molecule has 146 valence electrons. The minimum atomic E-state index is -0.239. The number of ether oxygens (including phenoxy) is 2. The molecule has 0 saturated heterocycles. The van der Waals surface area contributed by atoms with Crippen LogP contribution in [0.5, 0.6) is 11.5 Å². The molecule has 0 amide bonds. The van der Waals surface area contributed by atoms with Crippen molar-refractivity contribution >= 4 is 11.8 Å². The maximum Gasteiger partial charge on any atom is 0.224 e. The van der Waals surface area contributed by atoms with Gasteiger partial charge in [-0.1, -0.05) is 24.3 Å². The van der Waals surface area contributed by atoms with Crippen molar-refractivity contribution in [3.63, 3.8) is 0 Å². The van der Waals surface area contributed by atoms with E-state index < -0.39 is 0 Å². The number of rotatable bonds is 9. The van der Waals surface area contributed by atoms with Gasteiger partial charge in [-0.05, 0) is 36.2 Å². The van der Waals surface area contributed by atoms with Crippen molar-refractivity contribution in [1.29, 1.82) is 0 Å². The third-order valence-electron chi connectivity index (χ3n) is 4.22. The zero-order valence-corrected chi connectivity index (χ0v) is 15.9. The summed E-state index contributed by atoms with van der Waals surface area (Å²) in [6, 6.07) is 14.2. The Bertz CT molecular complexity index is 920. The molecule has 1 heterocycles. The first-order chi connectivity index (χ1) is 13.7. The molecule has 0 atom stereocenters. The van der Waals surface area contributed by atoms with Crippen LogP contribution < -0.4 is 20.1 Å². The van der Waals surface area contributed by atoms with Crippen molar-refractivity contribution in [3.05, 3.63) is 71.7 Å². The molecule has 0 radical (unpaired) electrons. The molecule has 1 aromatic heterocycles. The average molecular weight is 382 g/mol. The second-order valence-corrected chi connectivity index (χ2v) is 6.08. The second-order valence-electron chi connectivity index (χ2n) is 6.08. The van der Waals surface area contributed by atoms with E-state index in [1.807, 2.05) is 18.2 Å². The third-order valence-corrected chi connectivity index (χ3v) is 4.22. The normalized spacial score (nSPS) is 10.4. The number of nitrogens with one attached hydrogen (secondary N) is 2. The molecule has 0 spiro atoms. The largest absolute Gasteiger partial charge is 0.493 e. The summed E-state index contributed by atoms with van der Waals surface area (Å²) in [5, 5.41) is 6.32. The van der Waals surface area contributed by atoms with E-state index >= 15 is 0 Å². The molecule has 0 aliphatic carbocycles. The fraction of sp³-hybridized carbons (Fsp3) is 0.238. The van der Waals surface area contributed by atoms with Crippen LogP contribution in [-0.2, 0) is 13.0 Å². The molecule has 0 saturated carbocycles. The number of halogens is 1. The van der Waals surface area contributed by atoms with Gasteiger partial charge in [0.05, 0.1) is 14.2 Å². The SMILES string of the molecule is COc1ccc(CCNc2nccc(NCc3ccccc3F)n2)cc1OC. The fourth-order valence-electron chi connectivity index (χ4n) is 2.72. The molecule has 0 aliphatic rings. The number of methoxy groups -OCH3 is 2. The third kappa shape index (κ3) is 5.09. The Hall–Kier alpha value is -3.35. The van der Waals surface area contributed by atoms with E-state index in [0.29, 0.717) is 41.9 Å². The highest BCUT2D eigenvalue weighted by atomic mass is 19.1. The minimum Gasteiger partial charge on any atom is -0.493 e. The van der Waals surface area contributed by atoms with Crippen molar-refractivity contribution in [2.45, 2.75) is 13.0 Å². The van der Waals surface area contributed by atoms with Gasteiger partial charge in [-0.2, -0.15) is 4.98 Å². The fourth-order valence-corrected chi connectivity index (χ4v) is 2.72. The minimum absolute atomic E-state index is 0.239. The number of nitrogens with zero attached hydrogens (tertiary/aromatic N) is 2. The predicted octanol–water partition coefficient (Wildman–Crippen LogP) is 3.90. The van der Waals surface area contributed by atoms with Crippen LogP contribution in [0.15, 0.2) is 54.7 Å². The Morgan fingerprint density at radius 1 is 0.964 bits per heavy atom. The first-order valence-electron chi connectivity index (χ1n) is 8.94. The van der Waals surface area contributed by atoms with Crippen molar-refractivity contribution in [2.75, 3.05) is 31.4 Å². The van der Waals surface area contributed by atoms with E-state index in [4.69, 9.17) is 9.47 Å². The topological polar surface area (TPSA) is 68.3 Å². The lowest BCUT2D eigenvalue weighted by molar-refractivity contribution is 0.354. The van der Waals surface area contributed by atoms with Gasteiger partial charge in [0.2, 0.25) is 5.95 Å². The van der Waals surface area contributed by atoms with Crippen LogP contribution in [0.2, 0.25) is 0 Å². The molecule has 28 heavy (non-hydrogen) atoms. The van der Waals surface area contributed by atoms with Crippen molar-refractivity contribution in [1.82, 2.24) is 9.97 Å². The summed E-state index contributed by atoms with van der Waals surface area (Å²) in [6.45, 7) is 1.01. The molecule has 3 aromatic rings. The summed E-state index contributed by atoms with van der Waals surface area (Å²) in [6.07, 6.45) is 2.44. The Labute approximate surface area is 163 Å². The van der Waals surface area contributed by atoms with Gasteiger partial charge >= 0.3 is 0 Å². The summed E-state index contributed by atoms with van der Waals surface area (Å²) in [5.74, 6) is 2.31. The van der Waals surface area contributed by atoms with Gasteiger partial charge in [0.25, 0.3) is 0 Å². The molecule has 3 rings (SSSR count). The lowest BCUT2D eigenvalue weighted by Gasteiger charge is -2.11. The van der Waals surface area contributed by atoms with Crippen LogP contribution in [0.4, 0.5) is 16.2 Å². The van der Waals surface area contributed by atoms with Crippen LogP contribution >= 0.6 is 0 Å². The van der Waals surface area contributed by atoms with Gasteiger partial charge in [-0.3, -0.25) is 0 Å². The summed E-state index contributed by atoms with van der Waals surface area (Å²) in [4.78, 5) is 8.63. The Morgan fingerprint density at radius 3 is 2.57 bits per heavy atom. The molecule has 0 fully saturated rings. The highest BCUT2D eigenvalue weighted by molar-refractivity contribution is 5.44. The lowest BCUT2D eigenvalue weighted by Crippen LogP contribution is -2.10. The first kappa shape index (κ1) is 19.4. The molecule has 2 N–H and O–H groups in total. The molecular weight excluding hydrogens is 359 g/mol. The summed E-state index contributed by atoms with van der Waals surface area (Å²) >= 11 is 0. The Kier molecular flexibility index (Phi) is 6.62. The molecule has 7 heteroatoms. The van der Waals surface area contributed by atoms with E-state index in [1.54, 1.807) is 44.7 Å². The standard InChI is InChI=1S/C21H23FN4O2/c1-27-18-8-7-15(13-19(18)28-2)9-11-23-21-24-12-10-20(26-21)25-14-16-5-3-4-6-17(16)22/h3-8,10,12-13H,9,11,14H2,1-2H3,(H2,23,24,25,26). The van der Waals surface area contributed by atoms with Gasteiger partial charge in [-0.25, -0.2) is 9.37 Å². The summed E-state index contributed by atoms with van der Waals surface area (Å²) in [5.41, 5.74) is 1.70. The number of benzene rings is 2. The van der Waals surface area contributed by atoms with Gasteiger partial charge in [-0.15, -0.1) is 0 Å². The predicted molar refractivity (Wildman–Crippen MR) is 107 cm³/mol. The summed E-state index contributed by atoms with van der Waals surface area (Å²) in [7, 11) is 3.23. The quantitative estimate of drug-likeness (QED) is 0.585. The lowest BCUT2D eigenvalue weighted by atomic mass is 10.1. The second kappa shape index (κ2) is 9.55. The zero-order chi connectivity index (χ0) is 19.8. The van der Waals surface area contributed by atoms with E-state index in [1.165, 1.54) is 6.07 Å². The van der Waals surface area contributed by atoms with Crippen LogP contribution in [-0.4, -0.2) is 30.7 Å². The molecule has 0 unspecified atom stereocenters. The molecule has 2 aromatic carbocycles. The van der Waals surface area contributed by atoms with Crippen LogP contribution in [0, 0.1) is 5.82 Å². The van der Waals surface area contributed by atoms with Crippen LogP contribution in [0.3, 0.4) is 0 Å². The van der Waals surface area contributed by atoms with Crippen molar-refractivity contribution < 1.29 is 13.9 Å². The number of hydrogen-bond acceptors (Lipinski definition) is 6. The maximum absolute atomic E-state index is 13.7. The molecular formula is C21H23FN4O2. The van der Waals surface area contributed by atoms with Crippen molar-refractivity contribution in [2.24, 2.45) is 0 Å². The van der Waals surface area contributed by atoms with Gasteiger partial charge in [0.15, 0.2) is 11.5 Å². The van der Waals surface area contributed by atoms with Crippen LogP contribution in [0.25, 0.3) is 0 Å². The average Bonchev–Trinajstić information content (AvgIpc) is 2.73. The number of aromatic nitrogens is 2. The van der Waals surface area contributed by atoms with E-state index in [0.717, 1.165) is 12.0 Å².